The van der Waals surface area contributed by atoms with E-state index in [0.717, 1.165) is 28.0 Å². The van der Waals surface area contributed by atoms with Crippen LogP contribution in [-0.2, 0) is 16.4 Å². The van der Waals surface area contributed by atoms with Gasteiger partial charge in [0.15, 0.2) is 0 Å². The van der Waals surface area contributed by atoms with E-state index in [-0.39, 0.29) is 6.04 Å². The van der Waals surface area contributed by atoms with Gasteiger partial charge in [-0.05, 0) is 73.7 Å². The maximum Gasteiger partial charge on any atom is 0.243 e. The maximum absolute atomic E-state index is 13.1. The number of rotatable bonds is 3. The molecule has 0 bridgehead atoms. The van der Waals surface area contributed by atoms with Crippen LogP contribution >= 0.6 is 0 Å². The monoisotopic (exact) mass is 345 g/mol. The molecule has 3 rings (SSSR count). The summed E-state index contributed by atoms with van der Waals surface area (Å²) in [7, 11) is -1.86. The zero-order valence-corrected chi connectivity index (χ0v) is 15.4. The van der Waals surface area contributed by atoms with Crippen LogP contribution < -0.4 is 4.74 Å². The van der Waals surface area contributed by atoms with Gasteiger partial charge in [-0.25, -0.2) is 8.42 Å². The Morgan fingerprint density at radius 3 is 2.50 bits per heavy atom. The highest BCUT2D eigenvalue weighted by atomic mass is 32.2. The second-order valence-electron chi connectivity index (χ2n) is 6.35. The highest BCUT2D eigenvalue weighted by Crippen LogP contribution is 2.35. The molecule has 0 aromatic heterocycles. The summed E-state index contributed by atoms with van der Waals surface area (Å²) in [6.07, 6.45) is 0.695. The third kappa shape index (κ3) is 2.82. The summed E-state index contributed by atoms with van der Waals surface area (Å²) in [5.74, 6) is 0.811. The average Bonchev–Trinajstić information content (AvgIpc) is 2.56. The normalized spacial score (nSPS) is 18.2. The minimum atomic E-state index is -3.51. The van der Waals surface area contributed by atoms with E-state index >= 15 is 0 Å². The molecule has 5 heteroatoms. The number of fused-ring (bicyclic) bond motifs is 1. The van der Waals surface area contributed by atoms with Crippen LogP contribution in [0, 0.1) is 13.8 Å². The Morgan fingerprint density at radius 1 is 1.08 bits per heavy atom. The van der Waals surface area contributed by atoms with Gasteiger partial charge in [0.1, 0.15) is 5.75 Å². The Morgan fingerprint density at radius 2 is 1.83 bits per heavy atom. The van der Waals surface area contributed by atoms with Gasteiger partial charge in [-0.3, -0.25) is 0 Å². The van der Waals surface area contributed by atoms with Crippen LogP contribution in [0.2, 0.25) is 0 Å². The van der Waals surface area contributed by atoms with Crippen LogP contribution in [0.3, 0.4) is 0 Å². The van der Waals surface area contributed by atoms with Crippen LogP contribution in [0.25, 0.3) is 0 Å². The lowest BCUT2D eigenvalue weighted by Crippen LogP contribution is -2.38. The van der Waals surface area contributed by atoms with Crippen molar-refractivity contribution in [2.24, 2.45) is 0 Å². The average molecular weight is 345 g/mol. The number of benzene rings is 2. The van der Waals surface area contributed by atoms with Crippen molar-refractivity contribution >= 4 is 10.0 Å². The zero-order chi connectivity index (χ0) is 17.5. The first-order valence-electron chi connectivity index (χ1n) is 8.10. The minimum Gasteiger partial charge on any atom is -0.497 e. The van der Waals surface area contributed by atoms with Crippen molar-refractivity contribution in [1.29, 1.82) is 0 Å². The molecule has 1 atom stereocenters. The molecule has 24 heavy (non-hydrogen) atoms. The second-order valence-corrected chi connectivity index (χ2v) is 8.24. The van der Waals surface area contributed by atoms with Crippen molar-refractivity contribution in [2.75, 3.05) is 13.7 Å². The predicted molar refractivity (Wildman–Crippen MR) is 94.9 cm³/mol. The van der Waals surface area contributed by atoms with Gasteiger partial charge in [0.25, 0.3) is 0 Å². The van der Waals surface area contributed by atoms with Gasteiger partial charge in [-0.15, -0.1) is 0 Å². The van der Waals surface area contributed by atoms with E-state index in [4.69, 9.17) is 4.74 Å². The molecule has 0 saturated heterocycles. The second kappa shape index (κ2) is 6.22. The number of ether oxygens (including phenoxy) is 1. The topological polar surface area (TPSA) is 46.6 Å². The fraction of sp³-hybridized carbons (Fsp3) is 0.368. The summed E-state index contributed by atoms with van der Waals surface area (Å²) in [5, 5.41) is 0. The molecule has 1 unspecified atom stereocenters. The standard InChI is InChI=1S/C19H23NO3S/c1-13-5-7-18(11-14(13)2)24(21,22)20-10-9-16-12-17(23-4)6-8-19(16)15(20)3/h5-8,11-12,15H,9-10H2,1-4H3. The van der Waals surface area contributed by atoms with Crippen molar-refractivity contribution in [3.63, 3.8) is 0 Å². The number of nitrogens with zero attached hydrogens (tertiary/aromatic N) is 1. The first kappa shape index (κ1) is 17.0. The first-order chi connectivity index (χ1) is 11.3. The molecule has 0 fully saturated rings. The molecule has 0 N–H and O–H groups in total. The summed E-state index contributed by atoms with van der Waals surface area (Å²) in [6.45, 7) is 6.36. The van der Waals surface area contributed by atoms with Crippen molar-refractivity contribution in [1.82, 2.24) is 4.31 Å². The Bertz CT molecular complexity index is 874. The largest absolute Gasteiger partial charge is 0.497 e. The lowest BCUT2D eigenvalue weighted by Gasteiger charge is -2.34. The smallest absolute Gasteiger partial charge is 0.243 e. The van der Waals surface area contributed by atoms with E-state index in [2.05, 4.69) is 0 Å². The van der Waals surface area contributed by atoms with Gasteiger partial charge in [-0.2, -0.15) is 4.31 Å². The predicted octanol–water partition coefficient (Wildman–Crippen LogP) is 3.62. The zero-order valence-electron chi connectivity index (χ0n) is 14.5. The van der Waals surface area contributed by atoms with Gasteiger partial charge in [-0.1, -0.05) is 12.1 Å². The van der Waals surface area contributed by atoms with Crippen LogP contribution in [0.4, 0.5) is 0 Å². The molecular weight excluding hydrogens is 322 g/mol. The van der Waals surface area contributed by atoms with Crippen molar-refractivity contribution < 1.29 is 13.2 Å². The molecule has 1 aliphatic rings. The van der Waals surface area contributed by atoms with E-state index in [9.17, 15) is 8.42 Å². The van der Waals surface area contributed by atoms with E-state index in [1.54, 1.807) is 23.5 Å². The number of hydrogen-bond acceptors (Lipinski definition) is 3. The summed E-state index contributed by atoms with van der Waals surface area (Å²) in [5.41, 5.74) is 4.30. The summed E-state index contributed by atoms with van der Waals surface area (Å²) in [6, 6.07) is 11.0. The molecule has 1 heterocycles. The fourth-order valence-electron chi connectivity index (χ4n) is 3.25. The molecule has 0 saturated carbocycles. The van der Waals surface area contributed by atoms with Crippen LogP contribution in [0.1, 0.15) is 35.2 Å². The minimum absolute atomic E-state index is 0.189. The van der Waals surface area contributed by atoms with Gasteiger partial charge >= 0.3 is 0 Å². The molecule has 0 amide bonds. The Kier molecular flexibility index (Phi) is 4.40. The Labute approximate surface area is 144 Å². The highest BCUT2D eigenvalue weighted by molar-refractivity contribution is 7.89. The van der Waals surface area contributed by atoms with Crippen molar-refractivity contribution in [2.45, 2.75) is 38.1 Å². The SMILES string of the molecule is COc1ccc2c(c1)CCN(S(=O)(=O)c1ccc(C)c(C)c1)C2C. The van der Waals surface area contributed by atoms with Gasteiger partial charge in [0.2, 0.25) is 10.0 Å². The molecule has 0 spiro atoms. The number of methoxy groups -OCH3 is 1. The molecular formula is C19H23NO3S. The molecule has 4 nitrogen and oxygen atoms in total. The lowest BCUT2D eigenvalue weighted by atomic mass is 9.95. The molecule has 0 aliphatic carbocycles. The van der Waals surface area contributed by atoms with E-state index in [0.29, 0.717) is 17.9 Å². The van der Waals surface area contributed by atoms with Crippen LogP contribution in [0.15, 0.2) is 41.3 Å². The molecule has 0 radical (unpaired) electrons. The third-order valence-electron chi connectivity index (χ3n) is 4.92. The lowest BCUT2D eigenvalue weighted by molar-refractivity contribution is 0.325. The third-order valence-corrected chi connectivity index (χ3v) is 6.88. The van der Waals surface area contributed by atoms with E-state index < -0.39 is 10.0 Å². The molecule has 2 aromatic carbocycles. The number of hydrogen-bond donors (Lipinski definition) is 0. The van der Waals surface area contributed by atoms with Crippen LogP contribution in [0.5, 0.6) is 5.75 Å². The Hall–Kier alpha value is -1.85. The molecule has 1 aliphatic heterocycles. The van der Waals surface area contributed by atoms with Crippen molar-refractivity contribution in [3.05, 3.63) is 58.7 Å². The molecule has 2 aromatic rings. The van der Waals surface area contributed by atoms with Gasteiger partial charge < -0.3 is 4.74 Å². The number of sulfonamides is 1. The fourth-order valence-corrected chi connectivity index (χ4v) is 4.95. The highest BCUT2D eigenvalue weighted by Gasteiger charge is 2.34. The van der Waals surface area contributed by atoms with Gasteiger partial charge in [0.05, 0.1) is 12.0 Å². The van der Waals surface area contributed by atoms with E-state index in [1.165, 1.54) is 0 Å². The van der Waals surface area contributed by atoms with Gasteiger partial charge in [0, 0.05) is 12.6 Å². The van der Waals surface area contributed by atoms with E-state index in [1.807, 2.05) is 45.0 Å². The Balaban J connectivity index is 1.98. The summed E-state index contributed by atoms with van der Waals surface area (Å²) in [4.78, 5) is 0.370. The molecule has 128 valence electrons. The summed E-state index contributed by atoms with van der Waals surface area (Å²) >= 11 is 0. The maximum atomic E-state index is 13.1. The number of aryl methyl sites for hydroxylation is 2. The van der Waals surface area contributed by atoms with Crippen LogP contribution in [-0.4, -0.2) is 26.4 Å². The van der Waals surface area contributed by atoms with Crippen molar-refractivity contribution in [3.8, 4) is 5.75 Å². The quantitative estimate of drug-likeness (QED) is 0.853. The first-order valence-corrected chi connectivity index (χ1v) is 9.54. The summed E-state index contributed by atoms with van der Waals surface area (Å²) < 4.78 is 33.1.